The van der Waals surface area contributed by atoms with E-state index in [2.05, 4.69) is 0 Å². The van der Waals surface area contributed by atoms with Crippen LogP contribution >= 0.6 is 0 Å². The van der Waals surface area contributed by atoms with Crippen LogP contribution in [0.4, 0.5) is 5.69 Å². The number of likely N-dealkylation sites (tertiary alicyclic amines) is 1. The summed E-state index contributed by atoms with van der Waals surface area (Å²) in [5, 5.41) is 11.1. The Balaban J connectivity index is 1.83. The van der Waals surface area contributed by atoms with Crippen LogP contribution in [0.15, 0.2) is 48.5 Å². The summed E-state index contributed by atoms with van der Waals surface area (Å²) in [7, 11) is 0. The summed E-state index contributed by atoms with van der Waals surface area (Å²) in [4.78, 5) is 36.0. The smallest absolute Gasteiger partial charge is 0.280 e. The second-order valence-corrected chi connectivity index (χ2v) is 6.13. The zero-order valence-corrected chi connectivity index (χ0v) is 13.6. The Hall–Kier alpha value is -3.02. The molecular weight excluding hydrogens is 320 g/mol. The summed E-state index contributed by atoms with van der Waals surface area (Å²) in [6.07, 6.45) is 3.02. The van der Waals surface area contributed by atoms with Crippen LogP contribution in [0.25, 0.3) is 0 Å². The predicted octanol–water partition coefficient (Wildman–Crippen LogP) is 3.25. The minimum absolute atomic E-state index is 0.0243. The molecule has 2 aromatic rings. The maximum Gasteiger partial charge on any atom is 0.280 e. The Kier molecular flexibility index (Phi) is 4.88. The minimum Gasteiger partial charge on any atom is -0.335 e. The van der Waals surface area contributed by atoms with Gasteiger partial charge < -0.3 is 4.90 Å². The highest BCUT2D eigenvalue weighted by Crippen LogP contribution is 2.25. The molecule has 0 saturated carbocycles. The second kappa shape index (κ2) is 7.25. The largest absolute Gasteiger partial charge is 0.335 e. The highest BCUT2D eigenvalue weighted by molar-refractivity contribution is 5.96. The molecule has 128 valence electrons. The fourth-order valence-corrected chi connectivity index (χ4v) is 3.30. The number of hydrogen-bond acceptors (Lipinski definition) is 4. The van der Waals surface area contributed by atoms with E-state index in [4.69, 9.17) is 0 Å². The molecule has 0 aliphatic carbocycles. The van der Waals surface area contributed by atoms with Crippen LogP contribution < -0.4 is 0 Å². The maximum atomic E-state index is 12.8. The molecular formula is C19H18N2O4. The molecule has 25 heavy (non-hydrogen) atoms. The van der Waals surface area contributed by atoms with Gasteiger partial charge in [-0.1, -0.05) is 30.3 Å². The molecule has 0 bridgehead atoms. The quantitative estimate of drug-likeness (QED) is 0.476. The van der Waals surface area contributed by atoms with Crippen LogP contribution in [0.3, 0.4) is 0 Å². The third-order valence-corrected chi connectivity index (χ3v) is 4.55. The summed E-state index contributed by atoms with van der Waals surface area (Å²) >= 11 is 0. The van der Waals surface area contributed by atoms with Crippen molar-refractivity contribution < 1.29 is 14.5 Å². The Labute approximate surface area is 145 Å². The summed E-state index contributed by atoms with van der Waals surface area (Å²) in [5.41, 5.74) is 1.05. The number of nitrogens with zero attached hydrogens (tertiary/aromatic N) is 2. The van der Waals surface area contributed by atoms with Crippen molar-refractivity contribution in [2.45, 2.75) is 25.3 Å². The van der Waals surface area contributed by atoms with Gasteiger partial charge in [0.1, 0.15) is 0 Å². The number of carbonyl (C=O) groups excluding carboxylic acids is 2. The standard InChI is InChI=1S/C19H18N2O4/c22-13-16-9-8-15(12-18(16)21(24)25)19(23)20-10-4-7-17(20)11-14-5-2-1-3-6-14/h1-3,5-6,8-9,12-13,17H,4,7,10-11H2/t17-/m0/s1. The van der Waals surface area contributed by atoms with Crippen molar-refractivity contribution in [3.63, 3.8) is 0 Å². The molecule has 1 heterocycles. The van der Waals surface area contributed by atoms with Crippen molar-refractivity contribution in [3.8, 4) is 0 Å². The van der Waals surface area contributed by atoms with Crippen molar-refractivity contribution in [1.82, 2.24) is 4.90 Å². The summed E-state index contributed by atoms with van der Waals surface area (Å²) in [6, 6.07) is 14.1. The number of benzene rings is 2. The fraction of sp³-hybridized carbons (Fsp3) is 0.263. The van der Waals surface area contributed by atoms with Gasteiger partial charge >= 0.3 is 0 Å². The van der Waals surface area contributed by atoms with E-state index in [0.29, 0.717) is 12.8 Å². The predicted molar refractivity (Wildman–Crippen MR) is 92.7 cm³/mol. The zero-order chi connectivity index (χ0) is 17.8. The van der Waals surface area contributed by atoms with E-state index in [1.165, 1.54) is 18.2 Å². The first-order valence-corrected chi connectivity index (χ1v) is 8.18. The number of amides is 1. The maximum absolute atomic E-state index is 12.8. The average molecular weight is 338 g/mol. The number of carbonyl (C=O) groups is 2. The molecule has 2 aromatic carbocycles. The third kappa shape index (κ3) is 3.57. The highest BCUT2D eigenvalue weighted by atomic mass is 16.6. The van der Waals surface area contributed by atoms with E-state index in [9.17, 15) is 19.7 Å². The SMILES string of the molecule is O=Cc1ccc(C(=O)N2CCC[C@H]2Cc2ccccc2)cc1[N+](=O)[O-]. The molecule has 1 amide bonds. The lowest BCUT2D eigenvalue weighted by Gasteiger charge is -2.25. The van der Waals surface area contributed by atoms with Crippen LogP contribution in [0, 0.1) is 10.1 Å². The first kappa shape index (κ1) is 16.8. The van der Waals surface area contributed by atoms with E-state index in [1.54, 1.807) is 4.90 Å². The van der Waals surface area contributed by atoms with Gasteiger partial charge in [-0.25, -0.2) is 0 Å². The molecule has 0 spiro atoms. The lowest BCUT2D eigenvalue weighted by molar-refractivity contribution is -0.385. The van der Waals surface area contributed by atoms with E-state index in [1.807, 2.05) is 30.3 Å². The van der Waals surface area contributed by atoms with Crippen LogP contribution in [0.2, 0.25) is 0 Å². The van der Waals surface area contributed by atoms with Gasteiger partial charge in [0.15, 0.2) is 6.29 Å². The molecule has 1 aliphatic heterocycles. The minimum atomic E-state index is -0.633. The van der Waals surface area contributed by atoms with Gasteiger partial charge in [0.2, 0.25) is 0 Å². The first-order chi connectivity index (χ1) is 12.1. The first-order valence-electron chi connectivity index (χ1n) is 8.18. The molecule has 0 radical (unpaired) electrons. The van der Waals surface area contributed by atoms with Crippen molar-refractivity contribution in [2.24, 2.45) is 0 Å². The Morgan fingerprint density at radius 2 is 2.00 bits per heavy atom. The average Bonchev–Trinajstić information content (AvgIpc) is 3.09. The number of nitro benzene ring substituents is 1. The molecule has 3 rings (SSSR count). The molecule has 1 atom stereocenters. The van der Waals surface area contributed by atoms with Crippen LogP contribution in [-0.2, 0) is 6.42 Å². The number of hydrogen-bond donors (Lipinski definition) is 0. The lowest BCUT2D eigenvalue weighted by atomic mass is 10.0. The van der Waals surface area contributed by atoms with E-state index in [-0.39, 0.29) is 28.8 Å². The van der Waals surface area contributed by atoms with Gasteiger partial charge in [0, 0.05) is 24.2 Å². The van der Waals surface area contributed by atoms with Gasteiger partial charge in [-0.3, -0.25) is 19.7 Å². The van der Waals surface area contributed by atoms with Crippen LogP contribution in [0.5, 0.6) is 0 Å². The van der Waals surface area contributed by atoms with E-state index < -0.39 is 4.92 Å². The molecule has 1 aliphatic rings. The molecule has 6 nitrogen and oxygen atoms in total. The monoisotopic (exact) mass is 338 g/mol. The Morgan fingerprint density at radius 3 is 2.68 bits per heavy atom. The van der Waals surface area contributed by atoms with E-state index in [0.717, 1.165) is 24.8 Å². The van der Waals surface area contributed by atoms with Crippen LogP contribution in [0.1, 0.15) is 39.1 Å². The van der Waals surface area contributed by atoms with E-state index >= 15 is 0 Å². The molecule has 6 heteroatoms. The van der Waals surface area contributed by atoms with Crippen molar-refractivity contribution in [2.75, 3.05) is 6.54 Å². The lowest BCUT2D eigenvalue weighted by Crippen LogP contribution is -2.36. The zero-order valence-electron chi connectivity index (χ0n) is 13.6. The third-order valence-electron chi connectivity index (χ3n) is 4.55. The van der Waals surface area contributed by atoms with Gasteiger partial charge in [0.25, 0.3) is 11.6 Å². The molecule has 0 aromatic heterocycles. The normalized spacial score (nSPS) is 16.6. The van der Waals surface area contributed by atoms with Crippen LogP contribution in [-0.4, -0.2) is 34.6 Å². The molecule has 0 unspecified atom stereocenters. The molecule has 1 saturated heterocycles. The number of rotatable bonds is 5. The molecule has 0 N–H and O–H groups in total. The number of nitro groups is 1. The number of aldehydes is 1. The fourth-order valence-electron chi connectivity index (χ4n) is 3.30. The van der Waals surface area contributed by atoms with Gasteiger partial charge in [-0.2, -0.15) is 0 Å². The molecule has 1 fully saturated rings. The second-order valence-electron chi connectivity index (χ2n) is 6.13. The Morgan fingerprint density at radius 1 is 1.24 bits per heavy atom. The van der Waals surface area contributed by atoms with Gasteiger partial charge in [0.05, 0.1) is 10.5 Å². The Bertz CT molecular complexity index is 804. The van der Waals surface area contributed by atoms with Crippen molar-refractivity contribution in [1.29, 1.82) is 0 Å². The van der Waals surface area contributed by atoms with Crippen molar-refractivity contribution in [3.05, 3.63) is 75.3 Å². The van der Waals surface area contributed by atoms with Crippen molar-refractivity contribution >= 4 is 17.9 Å². The van der Waals surface area contributed by atoms with Gasteiger partial charge in [-0.05, 0) is 37.0 Å². The summed E-state index contributed by atoms with van der Waals surface area (Å²) in [5.74, 6) is -0.223. The van der Waals surface area contributed by atoms with Gasteiger partial charge in [-0.15, -0.1) is 0 Å². The topological polar surface area (TPSA) is 80.5 Å². The highest BCUT2D eigenvalue weighted by Gasteiger charge is 2.30. The summed E-state index contributed by atoms with van der Waals surface area (Å²) in [6.45, 7) is 0.638. The summed E-state index contributed by atoms with van der Waals surface area (Å²) < 4.78 is 0.